The highest BCUT2D eigenvalue weighted by Crippen LogP contribution is 2.29. The molecule has 0 aliphatic rings. The van der Waals surface area contributed by atoms with Crippen LogP contribution in [-0.4, -0.2) is 5.91 Å². The first-order valence-electron chi connectivity index (χ1n) is 7.46. The Morgan fingerprint density at radius 2 is 1.79 bits per heavy atom. The molecule has 0 aliphatic heterocycles. The number of anilines is 1. The third-order valence-electron chi connectivity index (χ3n) is 3.68. The second-order valence-corrected chi connectivity index (χ2v) is 5.82. The van der Waals surface area contributed by atoms with E-state index in [9.17, 15) is 9.18 Å². The minimum Gasteiger partial charge on any atom is -0.469 e. The predicted molar refractivity (Wildman–Crippen MR) is 91.6 cm³/mol. The van der Waals surface area contributed by atoms with Crippen LogP contribution in [0.5, 0.6) is 0 Å². The fourth-order valence-corrected chi connectivity index (χ4v) is 2.62. The first-order valence-corrected chi connectivity index (χ1v) is 7.84. The zero-order chi connectivity index (χ0) is 16.9. The minimum absolute atomic E-state index is 0.164. The Hall–Kier alpha value is -2.59. The van der Waals surface area contributed by atoms with E-state index in [4.69, 9.17) is 16.0 Å². The lowest BCUT2D eigenvalue weighted by atomic mass is 9.93. The number of halogens is 2. The SMILES string of the molecule is O=C(C[C@@H](c1ccc(F)cc1)c1ccco1)Nc1ccc(Cl)cc1. The molecule has 24 heavy (non-hydrogen) atoms. The Morgan fingerprint density at radius 3 is 2.42 bits per heavy atom. The summed E-state index contributed by atoms with van der Waals surface area (Å²) in [7, 11) is 0. The van der Waals surface area contributed by atoms with E-state index in [1.165, 1.54) is 12.1 Å². The number of carbonyl (C=O) groups excluding carboxylic acids is 1. The fraction of sp³-hybridized carbons (Fsp3) is 0.105. The fourth-order valence-electron chi connectivity index (χ4n) is 2.50. The number of hydrogen-bond acceptors (Lipinski definition) is 2. The van der Waals surface area contributed by atoms with Gasteiger partial charge in [-0.1, -0.05) is 23.7 Å². The molecule has 2 aromatic carbocycles. The summed E-state index contributed by atoms with van der Waals surface area (Å²) in [6, 6.07) is 16.6. The molecule has 0 radical (unpaired) electrons. The maximum atomic E-state index is 13.2. The third kappa shape index (κ3) is 4.03. The van der Waals surface area contributed by atoms with Crippen LogP contribution in [0.25, 0.3) is 0 Å². The average Bonchev–Trinajstić information content (AvgIpc) is 3.10. The maximum Gasteiger partial charge on any atom is 0.225 e. The van der Waals surface area contributed by atoms with Crippen molar-refractivity contribution in [3.8, 4) is 0 Å². The molecule has 1 amide bonds. The van der Waals surface area contributed by atoms with Gasteiger partial charge >= 0.3 is 0 Å². The Kier molecular flexibility index (Phi) is 4.96. The Balaban J connectivity index is 1.77. The lowest BCUT2D eigenvalue weighted by Crippen LogP contribution is -2.16. The largest absolute Gasteiger partial charge is 0.469 e. The standard InChI is InChI=1S/C19H15ClFNO2/c20-14-5-9-16(10-6-14)22-19(23)12-17(18-2-1-11-24-18)13-3-7-15(21)8-4-13/h1-11,17H,12H2,(H,22,23)/t17-/m0/s1. The Bertz CT molecular complexity index is 798. The zero-order valence-corrected chi connectivity index (χ0v) is 13.5. The van der Waals surface area contributed by atoms with Gasteiger partial charge < -0.3 is 9.73 Å². The van der Waals surface area contributed by atoms with Gasteiger partial charge in [0, 0.05) is 17.1 Å². The molecule has 122 valence electrons. The molecule has 0 saturated carbocycles. The molecule has 0 bridgehead atoms. The number of furan rings is 1. The summed E-state index contributed by atoms with van der Waals surface area (Å²) < 4.78 is 18.6. The van der Waals surface area contributed by atoms with E-state index in [0.717, 1.165) is 5.56 Å². The van der Waals surface area contributed by atoms with Crippen LogP contribution in [0.4, 0.5) is 10.1 Å². The van der Waals surface area contributed by atoms with Crippen molar-refractivity contribution in [3.63, 3.8) is 0 Å². The van der Waals surface area contributed by atoms with Gasteiger partial charge in [-0.15, -0.1) is 0 Å². The van der Waals surface area contributed by atoms with E-state index in [-0.39, 0.29) is 24.1 Å². The van der Waals surface area contributed by atoms with Gasteiger partial charge in [0.05, 0.1) is 12.2 Å². The highest BCUT2D eigenvalue weighted by molar-refractivity contribution is 6.30. The van der Waals surface area contributed by atoms with E-state index < -0.39 is 0 Å². The van der Waals surface area contributed by atoms with Crippen LogP contribution in [0.2, 0.25) is 5.02 Å². The summed E-state index contributed by atoms with van der Waals surface area (Å²) in [5.41, 5.74) is 1.49. The summed E-state index contributed by atoms with van der Waals surface area (Å²) in [4.78, 5) is 12.4. The van der Waals surface area contributed by atoms with E-state index in [2.05, 4.69) is 5.32 Å². The van der Waals surface area contributed by atoms with Crippen LogP contribution >= 0.6 is 11.6 Å². The molecule has 1 aromatic heterocycles. The molecule has 0 unspecified atom stereocenters. The Labute approximate surface area is 144 Å². The molecule has 1 atom stereocenters. The third-order valence-corrected chi connectivity index (χ3v) is 3.93. The number of rotatable bonds is 5. The summed E-state index contributed by atoms with van der Waals surface area (Å²) >= 11 is 5.84. The Morgan fingerprint density at radius 1 is 1.08 bits per heavy atom. The van der Waals surface area contributed by atoms with Crippen LogP contribution in [0.15, 0.2) is 71.3 Å². The number of amides is 1. The highest BCUT2D eigenvalue weighted by Gasteiger charge is 2.21. The predicted octanol–water partition coefficient (Wildman–Crippen LogP) is 5.23. The molecule has 3 nitrogen and oxygen atoms in total. The van der Waals surface area contributed by atoms with Gasteiger partial charge in [-0.3, -0.25) is 4.79 Å². The van der Waals surface area contributed by atoms with Gasteiger partial charge in [0.15, 0.2) is 0 Å². The van der Waals surface area contributed by atoms with Crippen molar-refractivity contribution in [1.29, 1.82) is 0 Å². The normalized spacial score (nSPS) is 11.9. The quantitative estimate of drug-likeness (QED) is 0.689. The van der Waals surface area contributed by atoms with Gasteiger partial charge in [-0.25, -0.2) is 4.39 Å². The van der Waals surface area contributed by atoms with E-state index in [0.29, 0.717) is 16.5 Å². The molecule has 1 N–H and O–H groups in total. The minimum atomic E-state index is -0.317. The number of hydrogen-bond donors (Lipinski definition) is 1. The monoisotopic (exact) mass is 343 g/mol. The molecule has 3 aromatic rings. The van der Waals surface area contributed by atoms with Crippen LogP contribution < -0.4 is 5.32 Å². The van der Waals surface area contributed by atoms with E-state index >= 15 is 0 Å². The lowest BCUT2D eigenvalue weighted by molar-refractivity contribution is -0.116. The van der Waals surface area contributed by atoms with Crippen LogP contribution in [0, 0.1) is 5.82 Å². The van der Waals surface area contributed by atoms with Gasteiger partial charge in [0.25, 0.3) is 0 Å². The van der Waals surface area contributed by atoms with Crippen molar-refractivity contribution in [2.75, 3.05) is 5.32 Å². The second-order valence-electron chi connectivity index (χ2n) is 5.38. The van der Waals surface area contributed by atoms with Crippen LogP contribution in [0.1, 0.15) is 23.7 Å². The molecule has 5 heteroatoms. The van der Waals surface area contributed by atoms with Crippen molar-refractivity contribution in [2.45, 2.75) is 12.3 Å². The molecule has 3 rings (SSSR count). The lowest BCUT2D eigenvalue weighted by Gasteiger charge is -2.15. The smallest absolute Gasteiger partial charge is 0.225 e. The van der Waals surface area contributed by atoms with Gasteiger partial charge in [-0.05, 0) is 54.1 Å². The van der Waals surface area contributed by atoms with Crippen molar-refractivity contribution in [2.24, 2.45) is 0 Å². The number of nitrogens with one attached hydrogen (secondary N) is 1. The average molecular weight is 344 g/mol. The summed E-state index contributed by atoms with van der Waals surface area (Å²) in [5.74, 6) is -0.105. The van der Waals surface area contributed by atoms with Crippen molar-refractivity contribution in [1.82, 2.24) is 0 Å². The molecule has 0 aliphatic carbocycles. The van der Waals surface area contributed by atoms with Crippen LogP contribution in [0.3, 0.4) is 0 Å². The summed E-state index contributed by atoms with van der Waals surface area (Å²) in [5, 5.41) is 3.43. The summed E-state index contributed by atoms with van der Waals surface area (Å²) in [6.07, 6.45) is 1.74. The molecule has 0 saturated heterocycles. The molecule has 1 heterocycles. The topological polar surface area (TPSA) is 42.2 Å². The highest BCUT2D eigenvalue weighted by atomic mass is 35.5. The van der Waals surface area contributed by atoms with Crippen molar-refractivity contribution < 1.29 is 13.6 Å². The van der Waals surface area contributed by atoms with E-state index in [1.54, 1.807) is 48.7 Å². The van der Waals surface area contributed by atoms with Crippen molar-refractivity contribution >= 4 is 23.2 Å². The number of benzene rings is 2. The van der Waals surface area contributed by atoms with E-state index in [1.807, 2.05) is 6.07 Å². The summed E-state index contributed by atoms with van der Waals surface area (Å²) in [6.45, 7) is 0. The van der Waals surface area contributed by atoms with Gasteiger partial charge in [0.1, 0.15) is 11.6 Å². The van der Waals surface area contributed by atoms with Gasteiger partial charge in [-0.2, -0.15) is 0 Å². The molecular formula is C19H15ClFNO2. The van der Waals surface area contributed by atoms with Gasteiger partial charge in [0.2, 0.25) is 5.91 Å². The number of carbonyl (C=O) groups is 1. The first-order chi connectivity index (χ1) is 11.6. The zero-order valence-electron chi connectivity index (χ0n) is 12.7. The maximum absolute atomic E-state index is 13.2. The van der Waals surface area contributed by atoms with Crippen LogP contribution in [-0.2, 0) is 4.79 Å². The molecular weight excluding hydrogens is 329 g/mol. The van der Waals surface area contributed by atoms with Crippen molar-refractivity contribution in [3.05, 3.63) is 89.1 Å². The first kappa shape index (κ1) is 16.3. The second kappa shape index (κ2) is 7.32. The molecule has 0 spiro atoms. The molecule has 0 fully saturated rings.